The molecule has 0 amide bonds. The fourth-order valence-corrected chi connectivity index (χ4v) is 2.86. The summed E-state index contributed by atoms with van der Waals surface area (Å²) in [5.41, 5.74) is 2.60. The lowest BCUT2D eigenvalue weighted by Gasteiger charge is -2.38. The molecule has 0 aliphatic carbocycles. The number of nitrogens with one attached hydrogen (secondary N) is 1. The molecule has 2 heteroatoms. The number of aryl methyl sites for hydroxylation is 1. The van der Waals surface area contributed by atoms with E-state index in [1.54, 1.807) is 0 Å². The van der Waals surface area contributed by atoms with Crippen molar-refractivity contribution < 1.29 is 4.74 Å². The van der Waals surface area contributed by atoms with E-state index in [-0.39, 0.29) is 11.6 Å². The third kappa shape index (κ3) is 5.12. The van der Waals surface area contributed by atoms with Crippen molar-refractivity contribution in [2.75, 3.05) is 13.2 Å². The molecule has 120 valence electrons. The second kappa shape index (κ2) is 9.22. The molecule has 0 aliphatic heterocycles. The van der Waals surface area contributed by atoms with Crippen molar-refractivity contribution in [3.63, 3.8) is 0 Å². The quantitative estimate of drug-likeness (QED) is 0.663. The van der Waals surface area contributed by atoms with E-state index in [1.165, 1.54) is 17.5 Å². The molecule has 0 saturated heterocycles. The molecule has 1 rings (SSSR count). The highest BCUT2D eigenvalue weighted by molar-refractivity contribution is 5.27. The lowest BCUT2D eigenvalue weighted by atomic mass is 9.87. The normalized spacial score (nSPS) is 15.7. The number of hydrogen-bond donors (Lipinski definition) is 1. The molecular weight excluding hydrogens is 258 g/mol. The van der Waals surface area contributed by atoms with Crippen LogP contribution in [0.15, 0.2) is 24.3 Å². The predicted molar refractivity (Wildman–Crippen MR) is 91.8 cm³/mol. The third-order valence-corrected chi connectivity index (χ3v) is 4.24. The van der Waals surface area contributed by atoms with Gasteiger partial charge in [-0.15, -0.1) is 0 Å². The van der Waals surface area contributed by atoms with Crippen LogP contribution in [-0.2, 0) is 11.2 Å². The number of hydrogen-bond acceptors (Lipinski definition) is 2. The summed E-state index contributed by atoms with van der Waals surface area (Å²) >= 11 is 0. The maximum atomic E-state index is 6.11. The van der Waals surface area contributed by atoms with Crippen LogP contribution < -0.4 is 5.32 Å². The Hall–Kier alpha value is -0.860. The molecule has 0 radical (unpaired) electrons. The van der Waals surface area contributed by atoms with Crippen LogP contribution in [0.4, 0.5) is 0 Å². The first kappa shape index (κ1) is 18.2. The summed E-state index contributed by atoms with van der Waals surface area (Å²) in [5, 5.41) is 3.69. The standard InChI is InChI=1S/C19H33NO/c1-6-10-16-11-13-17(14-12-16)18(20-15-7-2)19(5,8-3)21-9-4/h11-14,18,20H,6-10,15H2,1-5H3. The minimum atomic E-state index is -0.157. The average Bonchev–Trinajstić information content (AvgIpc) is 2.50. The number of rotatable bonds is 10. The maximum absolute atomic E-state index is 6.11. The van der Waals surface area contributed by atoms with E-state index in [2.05, 4.69) is 64.2 Å². The highest BCUT2D eigenvalue weighted by atomic mass is 16.5. The first-order valence-electron chi connectivity index (χ1n) is 8.57. The zero-order chi connectivity index (χ0) is 15.7. The Morgan fingerprint density at radius 1 is 1.05 bits per heavy atom. The van der Waals surface area contributed by atoms with Gasteiger partial charge in [-0.3, -0.25) is 0 Å². The number of ether oxygens (including phenoxy) is 1. The van der Waals surface area contributed by atoms with E-state index in [0.29, 0.717) is 0 Å². The Kier molecular flexibility index (Phi) is 7.98. The van der Waals surface area contributed by atoms with E-state index in [0.717, 1.165) is 32.4 Å². The van der Waals surface area contributed by atoms with E-state index < -0.39 is 0 Å². The molecule has 2 atom stereocenters. The Bertz CT molecular complexity index is 387. The van der Waals surface area contributed by atoms with E-state index in [4.69, 9.17) is 4.74 Å². The van der Waals surface area contributed by atoms with Crippen LogP contribution in [0.2, 0.25) is 0 Å². The Morgan fingerprint density at radius 3 is 2.19 bits per heavy atom. The molecule has 2 nitrogen and oxygen atoms in total. The molecule has 1 aromatic rings. The summed E-state index contributed by atoms with van der Waals surface area (Å²) in [6.45, 7) is 12.7. The second-order valence-electron chi connectivity index (χ2n) is 5.98. The molecule has 0 fully saturated rings. The highest BCUT2D eigenvalue weighted by Gasteiger charge is 2.33. The smallest absolute Gasteiger partial charge is 0.0845 e. The average molecular weight is 291 g/mol. The molecule has 1 N–H and O–H groups in total. The highest BCUT2D eigenvalue weighted by Crippen LogP contribution is 2.32. The van der Waals surface area contributed by atoms with Gasteiger partial charge < -0.3 is 10.1 Å². The minimum absolute atomic E-state index is 0.157. The van der Waals surface area contributed by atoms with Crippen LogP contribution in [0, 0.1) is 0 Å². The molecular formula is C19H33NO. The molecule has 0 bridgehead atoms. The maximum Gasteiger partial charge on any atom is 0.0845 e. The fraction of sp³-hybridized carbons (Fsp3) is 0.684. The molecule has 1 aromatic carbocycles. The first-order valence-corrected chi connectivity index (χ1v) is 8.57. The van der Waals surface area contributed by atoms with Crippen LogP contribution in [0.1, 0.15) is 71.0 Å². The summed E-state index contributed by atoms with van der Waals surface area (Å²) < 4.78 is 6.11. The molecule has 0 saturated carbocycles. The van der Waals surface area contributed by atoms with E-state index >= 15 is 0 Å². The summed E-state index contributed by atoms with van der Waals surface area (Å²) in [7, 11) is 0. The zero-order valence-corrected chi connectivity index (χ0v) is 14.5. The summed E-state index contributed by atoms with van der Waals surface area (Å²) in [5.74, 6) is 0. The summed E-state index contributed by atoms with van der Waals surface area (Å²) in [6, 6.07) is 9.32. The Morgan fingerprint density at radius 2 is 1.71 bits per heavy atom. The van der Waals surface area contributed by atoms with Crippen molar-refractivity contribution >= 4 is 0 Å². The van der Waals surface area contributed by atoms with Crippen molar-refractivity contribution in [3.05, 3.63) is 35.4 Å². The molecule has 0 aromatic heterocycles. The molecule has 0 heterocycles. The van der Waals surface area contributed by atoms with Gasteiger partial charge in [0.05, 0.1) is 11.6 Å². The Balaban J connectivity index is 2.99. The van der Waals surface area contributed by atoms with Gasteiger partial charge in [-0.25, -0.2) is 0 Å². The van der Waals surface area contributed by atoms with Crippen LogP contribution >= 0.6 is 0 Å². The summed E-state index contributed by atoms with van der Waals surface area (Å²) in [4.78, 5) is 0. The first-order chi connectivity index (χ1) is 10.1. The van der Waals surface area contributed by atoms with Gasteiger partial charge in [-0.2, -0.15) is 0 Å². The zero-order valence-electron chi connectivity index (χ0n) is 14.5. The summed E-state index contributed by atoms with van der Waals surface area (Å²) in [6.07, 6.45) is 4.49. The van der Waals surface area contributed by atoms with Crippen LogP contribution in [0.3, 0.4) is 0 Å². The molecule has 0 spiro atoms. The van der Waals surface area contributed by atoms with Gasteiger partial charge >= 0.3 is 0 Å². The third-order valence-electron chi connectivity index (χ3n) is 4.24. The van der Waals surface area contributed by atoms with Gasteiger partial charge in [-0.05, 0) is 50.8 Å². The van der Waals surface area contributed by atoms with Gasteiger partial charge in [0, 0.05) is 6.61 Å². The second-order valence-corrected chi connectivity index (χ2v) is 5.98. The molecule has 0 aliphatic rings. The van der Waals surface area contributed by atoms with Crippen LogP contribution in [-0.4, -0.2) is 18.8 Å². The van der Waals surface area contributed by atoms with Crippen molar-refractivity contribution in [3.8, 4) is 0 Å². The van der Waals surface area contributed by atoms with Crippen molar-refractivity contribution in [2.24, 2.45) is 0 Å². The molecule has 2 unspecified atom stereocenters. The minimum Gasteiger partial charge on any atom is -0.374 e. The molecule has 21 heavy (non-hydrogen) atoms. The van der Waals surface area contributed by atoms with Gasteiger partial charge in [0.25, 0.3) is 0 Å². The van der Waals surface area contributed by atoms with Crippen molar-refractivity contribution in [2.45, 2.75) is 71.9 Å². The van der Waals surface area contributed by atoms with Crippen LogP contribution in [0.25, 0.3) is 0 Å². The lowest BCUT2D eigenvalue weighted by Crippen LogP contribution is -2.43. The van der Waals surface area contributed by atoms with Gasteiger partial charge in [0.15, 0.2) is 0 Å². The lowest BCUT2D eigenvalue weighted by molar-refractivity contribution is -0.0562. The van der Waals surface area contributed by atoms with Crippen molar-refractivity contribution in [1.82, 2.24) is 5.32 Å². The SMILES string of the molecule is CCCNC(c1ccc(CCC)cc1)C(C)(CC)OCC. The predicted octanol–water partition coefficient (Wildman–Crippen LogP) is 4.89. The van der Waals surface area contributed by atoms with Gasteiger partial charge in [0.2, 0.25) is 0 Å². The largest absolute Gasteiger partial charge is 0.374 e. The number of benzene rings is 1. The van der Waals surface area contributed by atoms with E-state index in [1.807, 2.05) is 0 Å². The van der Waals surface area contributed by atoms with Crippen LogP contribution in [0.5, 0.6) is 0 Å². The Labute approximate surface area is 131 Å². The van der Waals surface area contributed by atoms with Gasteiger partial charge in [-0.1, -0.05) is 51.5 Å². The van der Waals surface area contributed by atoms with E-state index in [9.17, 15) is 0 Å². The fourth-order valence-electron chi connectivity index (χ4n) is 2.86. The van der Waals surface area contributed by atoms with Crippen molar-refractivity contribution in [1.29, 1.82) is 0 Å². The topological polar surface area (TPSA) is 21.3 Å². The van der Waals surface area contributed by atoms with Gasteiger partial charge in [0.1, 0.15) is 0 Å². The monoisotopic (exact) mass is 291 g/mol.